The summed E-state index contributed by atoms with van der Waals surface area (Å²) in [5.74, 6) is 0.940. The maximum Gasteiger partial charge on any atom is 0.258 e. The van der Waals surface area contributed by atoms with Crippen molar-refractivity contribution in [3.63, 3.8) is 0 Å². The molecule has 0 heterocycles. The van der Waals surface area contributed by atoms with Gasteiger partial charge in [0.05, 0.1) is 6.61 Å². The lowest BCUT2D eigenvalue weighted by atomic mass is 10.0. The van der Waals surface area contributed by atoms with Crippen LogP contribution in [0.2, 0.25) is 0 Å². The van der Waals surface area contributed by atoms with Gasteiger partial charge in [-0.05, 0) is 30.0 Å². The van der Waals surface area contributed by atoms with Crippen LogP contribution < -0.4 is 10.1 Å². The fraction of sp³-hybridized carbons (Fsp3) is 0.500. The van der Waals surface area contributed by atoms with E-state index in [0.29, 0.717) is 5.92 Å². The van der Waals surface area contributed by atoms with Gasteiger partial charge in [-0.25, -0.2) is 0 Å². The molecule has 0 spiro atoms. The zero-order valence-electron chi connectivity index (χ0n) is 11.2. The second-order valence-corrected chi connectivity index (χ2v) is 4.54. The molecule has 0 saturated carbocycles. The van der Waals surface area contributed by atoms with Crippen LogP contribution in [0.5, 0.6) is 5.75 Å². The third kappa shape index (κ3) is 4.37. The molecular weight excluding hydrogens is 230 g/mol. The molecule has 0 saturated heterocycles. The number of carbonyl (C=O) groups excluding carboxylic acids is 1. The summed E-state index contributed by atoms with van der Waals surface area (Å²) in [4.78, 5) is 11.4. The highest BCUT2D eigenvalue weighted by atomic mass is 16.5. The highest BCUT2D eigenvalue weighted by Crippen LogP contribution is 2.24. The number of hydrogen-bond acceptors (Lipinski definition) is 3. The van der Waals surface area contributed by atoms with Crippen LogP contribution in [0.4, 0.5) is 0 Å². The molecule has 0 unspecified atom stereocenters. The summed E-state index contributed by atoms with van der Waals surface area (Å²) in [5, 5.41) is 11.1. The number of hydrogen-bond donors (Lipinski definition) is 2. The third-order valence-electron chi connectivity index (χ3n) is 2.67. The minimum Gasteiger partial charge on any atom is -0.483 e. The summed E-state index contributed by atoms with van der Waals surface area (Å²) in [6.07, 6.45) is 0. The first-order valence-electron chi connectivity index (χ1n) is 6.15. The van der Waals surface area contributed by atoms with E-state index in [0.717, 1.165) is 11.3 Å². The van der Waals surface area contributed by atoms with E-state index in [9.17, 15) is 4.79 Å². The Bertz CT molecular complexity index is 402. The van der Waals surface area contributed by atoms with Crippen LogP contribution in [-0.2, 0) is 4.79 Å². The van der Waals surface area contributed by atoms with Gasteiger partial charge in [0.15, 0.2) is 6.61 Å². The first-order valence-corrected chi connectivity index (χ1v) is 6.15. The van der Waals surface area contributed by atoms with Crippen molar-refractivity contribution in [2.75, 3.05) is 19.8 Å². The van der Waals surface area contributed by atoms with Crippen molar-refractivity contribution in [3.05, 3.63) is 29.3 Å². The molecule has 2 N–H and O–H groups in total. The molecular formula is C14H21NO3. The highest BCUT2D eigenvalue weighted by molar-refractivity contribution is 5.77. The SMILES string of the molecule is Cc1ccc(C(C)C)cc1OCC(=O)NCCO. The first-order chi connectivity index (χ1) is 8.54. The molecule has 100 valence electrons. The van der Waals surface area contributed by atoms with Crippen molar-refractivity contribution in [2.45, 2.75) is 26.7 Å². The predicted molar refractivity (Wildman–Crippen MR) is 70.9 cm³/mol. The van der Waals surface area contributed by atoms with Gasteiger partial charge in [0.25, 0.3) is 5.91 Å². The van der Waals surface area contributed by atoms with Gasteiger partial charge in [0.1, 0.15) is 5.75 Å². The van der Waals surface area contributed by atoms with Crippen molar-refractivity contribution >= 4 is 5.91 Å². The summed E-state index contributed by atoms with van der Waals surface area (Å²) in [6, 6.07) is 6.04. The summed E-state index contributed by atoms with van der Waals surface area (Å²) in [7, 11) is 0. The van der Waals surface area contributed by atoms with Gasteiger partial charge in [-0.2, -0.15) is 0 Å². The number of aliphatic hydroxyl groups is 1. The number of benzene rings is 1. The van der Waals surface area contributed by atoms with Gasteiger partial charge in [-0.3, -0.25) is 4.79 Å². The van der Waals surface area contributed by atoms with Crippen LogP contribution in [-0.4, -0.2) is 30.8 Å². The Kier molecular flexibility index (Phi) is 5.65. The van der Waals surface area contributed by atoms with Gasteiger partial charge in [0, 0.05) is 6.54 Å². The van der Waals surface area contributed by atoms with Crippen LogP contribution in [0, 0.1) is 6.92 Å². The molecule has 1 aromatic rings. The third-order valence-corrected chi connectivity index (χ3v) is 2.67. The minimum absolute atomic E-state index is 0.0254. The van der Waals surface area contributed by atoms with Gasteiger partial charge in [-0.15, -0.1) is 0 Å². The van der Waals surface area contributed by atoms with Crippen LogP contribution in [0.25, 0.3) is 0 Å². The van der Waals surface area contributed by atoms with Crippen LogP contribution in [0.1, 0.15) is 30.9 Å². The second kappa shape index (κ2) is 7.01. The topological polar surface area (TPSA) is 58.6 Å². The first kappa shape index (κ1) is 14.5. The van der Waals surface area contributed by atoms with Gasteiger partial charge >= 0.3 is 0 Å². The van der Waals surface area contributed by atoms with E-state index < -0.39 is 0 Å². The summed E-state index contributed by atoms with van der Waals surface area (Å²) >= 11 is 0. The van der Waals surface area contributed by atoms with E-state index in [1.807, 2.05) is 19.1 Å². The number of ether oxygens (including phenoxy) is 1. The lowest BCUT2D eigenvalue weighted by Gasteiger charge is -2.12. The maximum atomic E-state index is 11.4. The number of aliphatic hydroxyl groups excluding tert-OH is 1. The molecule has 18 heavy (non-hydrogen) atoms. The fourth-order valence-corrected chi connectivity index (χ4v) is 1.52. The van der Waals surface area contributed by atoms with Gasteiger partial charge in [0.2, 0.25) is 0 Å². The smallest absolute Gasteiger partial charge is 0.258 e. The summed E-state index contributed by atoms with van der Waals surface area (Å²) in [5.41, 5.74) is 2.20. The number of amides is 1. The Hall–Kier alpha value is -1.55. The van der Waals surface area contributed by atoms with E-state index in [-0.39, 0.29) is 25.7 Å². The Balaban J connectivity index is 2.61. The predicted octanol–water partition coefficient (Wildman–Crippen LogP) is 1.61. The molecule has 0 radical (unpaired) electrons. The summed E-state index contributed by atoms with van der Waals surface area (Å²) < 4.78 is 5.49. The van der Waals surface area contributed by atoms with Crippen LogP contribution >= 0.6 is 0 Å². The van der Waals surface area contributed by atoms with Crippen molar-refractivity contribution < 1.29 is 14.6 Å². The molecule has 0 atom stereocenters. The maximum absolute atomic E-state index is 11.4. The Morgan fingerprint density at radius 3 is 2.78 bits per heavy atom. The quantitative estimate of drug-likeness (QED) is 0.807. The van der Waals surface area contributed by atoms with Crippen LogP contribution in [0.15, 0.2) is 18.2 Å². The highest BCUT2D eigenvalue weighted by Gasteiger charge is 2.07. The van der Waals surface area contributed by atoms with E-state index in [1.165, 1.54) is 5.56 Å². The molecule has 1 amide bonds. The molecule has 4 heteroatoms. The van der Waals surface area contributed by atoms with Crippen LogP contribution in [0.3, 0.4) is 0 Å². The Morgan fingerprint density at radius 2 is 2.17 bits per heavy atom. The van der Waals surface area contributed by atoms with Crippen molar-refractivity contribution in [1.29, 1.82) is 0 Å². The monoisotopic (exact) mass is 251 g/mol. The number of nitrogens with one attached hydrogen (secondary N) is 1. The largest absolute Gasteiger partial charge is 0.483 e. The van der Waals surface area contributed by atoms with E-state index in [4.69, 9.17) is 9.84 Å². The van der Waals surface area contributed by atoms with Gasteiger partial charge < -0.3 is 15.2 Å². The van der Waals surface area contributed by atoms with Crippen molar-refractivity contribution in [1.82, 2.24) is 5.32 Å². The molecule has 0 bridgehead atoms. The lowest BCUT2D eigenvalue weighted by molar-refractivity contribution is -0.123. The van der Waals surface area contributed by atoms with Gasteiger partial charge in [-0.1, -0.05) is 26.0 Å². The van der Waals surface area contributed by atoms with Crippen molar-refractivity contribution in [2.24, 2.45) is 0 Å². The molecule has 0 aliphatic heterocycles. The zero-order valence-corrected chi connectivity index (χ0v) is 11.2. The minimum atomic E-state index is -0.224. The lowest BCUT2D eigenvalue weighted by Crippen LogP contribution is -2.31. The average Bonchev–Trinajstić information content (AvgIpc) is 2.35. The fourth-order valence-electron chi connectivity index (χ4n) is 1.52. The van der Waals surface area contributed by atoms with E-state index in [1.54, 1.807) is 0 Å². The number of aryl methyl sites for hydroxylation is 1. The Morgan fingerprint density at radius 1 is 1.44 bits per heavy atom. The molecule has 1 aromatic carbocycles. The second-order valence-electron chi connectivity index (χ2n) is 4.54. The molecule has 0 aromatic heterocycles. The molecule has 0 fully saturated rings. The molecule has 4 nitrogen and oxygen atoms in total. The van der Waals surface area contributed by atoms with Crippen molar-refractivity contribution in [3.8, 4) is 5.75 Å². The molecule has 0 aliphatic carbocycles. The number of rotatable bonds is 6. The molecule has 1 rings (SSSR count). The Labute approximate surface area is 108 Å². The normalized spacial score (nSPS) is 10.5. The number of carbonyl (C=O) groups is 1. The standard InChI is InChI=1S/C14H21NO3/c1-10(2)12-5-4-11(3)13(8-12)18-9-14(17)15-6-7-16/h4-5,8,10,16H,6-7,9H2,1-3H3,(H,15,17). The van der Waals surface area contributed by atoms with E-state index in [2.05, 4.69) is 25.2 Å². The zero-order chi connectivity index (χ0) is 13.5. The van der Waals surface area contributed by atoms with E-state index >= 15 is 0 Å². The summed E-state index contributed by atoms with van der Waals surface area (Å²) in [6.45, 7) is 6.35. The average molecular weight is 251 g/mol. The molecule has 0 aliphatic rings.